The first-order valence-electron chi connectivity index (χ1n) is 21.3. The van der Waals surface area contributed by atoms with E-state index in [2.05, 4.69) is 0 Å². The molecule has 4 N–H and O–H groups in total. The summed E-state index contributed by atoms with van der Waals surface area (Å²) < 4.78 is 0. The molecule has 60 heavy (non-hydrogen) atoms. The van der Waals surface area contributed by atoms with Gasteiger partial charge in [0.15, 0.2) is 0 Å². The third-order valence-electron chi connectivity index (χ3n) is 13.0. The lowest BCUT2D eigenvalue weighted by Crippen LogP contribution is -2.67. The van der Waals surface area contributed by atoms with Gasteiger partial charge in [0, 0.05) is 0 Å². The molecule has 6 aromatic carbocycles. The molecule has 1 aliphatic carbocycles. The summed E-state index contributed by atoms with van der Waals surface area (Å²) in [5, 5.41) is 28.4. The molecule has 0 heterocycles. The Bertz CT molecular complexity index is 2110. The maximum Gasteiger partial charge on any atom is 0.239 e. The smallest absolute Gasteiger partial charge is 0.239 e. The molecule has 0 aromatic heterocycles. The summed E-state index contributed by atoms with van der Waals surface area (Å²) in [7, 11) is 0. The summed E-state index contributed by atoms with van der Waals surface area (Å²) in [5.74, 6) is -1.16. The predicted octanol–water partition coefficient (Wildman–Crippen LogP) is 9.58. The van der Waals surface area contributed by atoms with E-state index in [1.54, 1.807) is 4.90 Å². The SMILES string of the molecule is Cc1ccc(C(O)(c2ccc(C)cc2)[C@@H](Cc2ccccc2)N(C(=O)C2(C(N)=O)CCCCC2)[C@H](Cc2ccccc2)C(O)(c2ccc(C)cc2)c2ccc(C)cc2)cc1. The Labute approximate surface area is 355 Å². The van der Waals surface area contributed by atoms with E-state index in [1.807, 2.05) is 185 Å². The Kier molecular flexibility index (Phi) is 12.6. The molecule has 6 heteroatoms. The molecule has 6 nitrogen and oxygen atoms in total. The number of hydrogen-bond acceptors (Lipinski definition) is 4. The number of primary amides is 1. The van der Waals surface area contributed by atoms with E-state index in [0.717, 1.165) is 39.8 Å². The first kappa shape index (κ1) is 42.3. The zero-order valence-electron chi connectivity index (χ0n) is 35.4. The van der Waals surface area contributed by atoms with Crippen LogP contribution in [-0.4, -0.2) is 39.0 Å². The zero-order chi connectivity index (χ0) is 42.5. The molecule has 2 amide bonds. The summed E-state index contributed by atoms with van der Waals surface area (Å²) in [6.45, 7) is 8.02. The summed E-state index contributed by atoms with van der Waals surface area (Å²) in [4.78, 5) is 32.5. The third-order valence-corrected chi connectivity index (χ3v) is 13.0. The topological polar surface area (TPSA) is 104 Å². The number of aliphatic hydroxyl groups is 2. The van der Waals surface area contributed by atoms with Crippen LogP contribution in [0.2, 0.25) is 0 Å². The van der Waals surface area contributed by atoms with Crippen LogP contribution in [0.1, 0.15) is 87.7 Å². The van der Waals surface area contributed by atoms with Gasteiger partial charge in [0.25, 0.3) is 0 Å². The second-order valence-electron chi connectivity index (χ2n) is 17.1. The van der Waals surface area contributed by atoms with Gasteiger partial charge in [-0.2, -0.15) is 0 Å². The van der Waals surface area contributed by atoms with Gasteiger partial charge in [-0.3, -0.25) is 9.59 Å². The van der Waals surface area contributed by atoms with E-state index < -0.39 is 40.5 Å². The van der Waals surface area contributed by atoms with Gasteiger partial charge in [-0.15, -0.1) is 0 Å². The van der Waals surface area contributed by atoms with Crippen LogP contribution in [-0.2, 0) is 33.6 Å². The third kappa shape index (κ3) is 8.32. The van der Waals surface area contributed by atoms with Crippen molar-refractivity contribution in [3.8, 4) is 0 Å². The van der Waals surface area contributed by atoms with Crippen molar-refractivity contribution in [1.29, 1.82) is 0 Å². The van der Waals surface area contributed by atoms with Crippen LogP contribution in [0.3, 0.4) is 0 Å². The molecular formula is C54H58N2O4. The molecule has 1 aliphatic rings. The van der Waals surface area contributed by atoms with Gasteiger partial charge in [-0.25, -0.2) is 0 Å². The minimum Gasteiger partial charge on any atom is -0.378 e. The van der Waals surface area contributed by atoms with Gasteiger partial charge in [0.2, 0.25) is 11.8 Å². The van der Waals surface area contributed by atoms with E-state index in [9.17, 15) is 15.0 Å². The lowest BCUT2D eigenvalue weighted by molar-refractivity contribution is -0.169. The molecule has 0 unspecified atom stereocenters. The van der Waals surface area contributed by atoms with Crippen molar-refractivity contribution in [2.24, 2.45) is 11.1 Å². The quantitative estimate of drug-likeness (QED) is 0.0956. The molecule has 308 valence electrons. The molecule has 0 aliphatic heterocycles. The fourth-order valence-electron chi connectivity index (χ4n) is 9.37. The maximum absolute atomic E-state index is 16.6. The van der Waals surface area contributed by atoms with Crippen LogP contribution in [0.4, 0.5) is 0 Å². The van der Waals surface area contributed by atoms with E-state index in [0.29, 0.717) is 35.1 Å². The number of aryl methyl sites for hydroxylation is 4. The predicted molar refractivity (Wildman–Crippen MR) is 240 cm³/mol. The second kappa shape index (κ2) is 17.8. The minimum absolute atomic E-state index is 0.183. The minimum atomic E-state index is -1.86. The van der Waals surface area contributed by atoms with E-state index in [-0.39, 0.29) is 25.7 Å². The molecule has 7 rings (SSSR count). The lowest BCUT2D eigenvalue weighted by atomic mass is 9.68. The highest BCUT2D eigenvalue weighted by Crippen LogP contribution is 2.48. The van der Waals surface area contributed by atoms with Gasteiger partial charge in [0.1, 0.15) is 16.6 Å². The molecule has 6 aromatic rings. The summed E-state index contributed by atoms with van der Waals surface area (Å²) in [5.41, 5.74) is 9.31. The van der Waals surface area contributed by atoms with Crippen molar-refractivity contribution in [2.75, 3.05) is 0 Å². The Hall–Kier alpha value is -5.82. The van der Waals surface area contributed by atoms with E-state index in [4.69, 9.17) is 5.73 Å². The monoisotopic (exact) mass is 798 g/mol. The maximum atomic E-state index is 16.6. The van der Waals surface area contributed by atoms with Crippen molar-refractivity contribution in [3.63, 3.8) is 0 Å². The number of rotatable bonds is 14. The zero-order valence-corrected chi connectivity index (χ0v) is 35.4. The number of hydrogen-bond donors (Lipinski definition) is 3. The number of nitrogens with two attached hydrogens (primary N) is 1. The normalized spacial score (nSPS) is 15.2. The highest BCUT2D eigenvalue weighted by Gasteiger charge is 2.58. The van der Waals surface area contributed by atoms with Crippen molar-refractivity contribution in [3.05, 3.63) is 213 Å². The first-order chi connectivity index (χ1) is 28.9. The lowest BCUT2D eigenvalue weighted by Gasteiger charge is -2.53. The molecule has 2 atom stereocenters. The van der Waals surface area contributed by atoms with Gasteiger partial charge in [-0.1, -0.05) is 199 Å². The number of amides is 2. The largest absolute Gasteiger partial charge is 0.378 e. The first-order valence-corrected chi connectivity index (χ1v) is 21.3. The number of nitrogens with zero attached hydrogens (tertiary/aromatic N) is 1. The van der Waals surface area contributed by atoms with Crippen LogP contribution in [0.5, 0.6) is 0 Å². The molecule has 0 radical (unpaired) electrons. The van der Waals surface area contributed by atoms with E-state index >= 15 is 4.79 Å². The average Bonchev–Trinajstić information content (AvgIpc) is 3.27. The highest BCUT2D eigenvalue weighted by molar-refractivity contribution is 6.05. The molecule has 0 bridgehead atoms. The van der Waals surface area contributed by atoms with Crippen LogP contribution >= 0.6 is 0 Å². The van der Waals surface area contributed by atoms with Crippen molar-refractivity contribution < 1.29 is 19.8 Å². The van der Waals surface area contributed by atoms with Crippen LogP contribution in [0.15, 0.2) is 158 Å². The van der Waals surface area contributed by atoms with E-state index in [1.165, 1.54) is 0 Å². The fraction of sp³-hybridized carbons (Fsp3) is 0.296. The number of carbonyl (C=O) groups excluding carboxylic acids is 2. The van der Waals surface area contributed by atoms with Crippen LogP contribution in [0, 0.1) is 33.1 Å². The van der Waals surface area contributed by atoms with Crippen molar-refractivity contribution in [2.45, 2.75) is 95.9 Å². The Morgan fingerprint density at radius 1 is 0.517 bits per heavy atom. The Balaban J connectivity index is 1.64. The molecule has 0 saturated heterocycles. The molecule has 1 saturated carbocycles. The Morgan fingerprint density at radius 2 is 0.817 bits per heavy atom. The average molecular weight is 799 g/mol. The molecule has 0 spiro atoms. The number of carbonyl (C=O) groups is 2. The Morgan fingerprint density at radius 3 is 1.10 bits per heavy atom. The summed E-state index contributed by atoms with van der Waals surface area (Å²) in [6.07, 6.45) is 3.08. The van der Waals surface area contributed by atoms with Crippen molar-refractivity contribution >= 4 is 11.8 Å². The van der Waals surface area contributed by atoms with Gasteiger partial charge < -0.3 is 20.8 Å². The summed E-state index contributed by atoms with van der Waals surface area (Å²) >= 11 is 0. The van der Waals surface area contributed by atoms with Crippen LogP contribution < -0.4 is 5.73 Å². The van der Waals surface area contributed by atoms with Crippen LogP contribution in [0.25, 0.3) is 0 Å². The van der Waals surface area contributed by atoms with Crippen molar-refractivity contribution in [1.82, 2.24) is 4.90 Å². The van der Waals surface area contributed by atoms with Gasteiger partial charge in [-0.05, 0) is 86.8 Å². The highest BCUT2D eigenvalue weighted by atomic mass is 16.3. The molecular weight excluding hydrogens is 741 g/mol. The van der Waals surface area contributed by atoms with Gasteiger partial charge >= 0.3 is 0 Å². The van der Waals surface area contributed by atoms with Gasteiger partial charge in [0.05, 0.1) is 12.1 Å². The summed E-state index contributed by atoms with van der Waals surface area (Å²) in [6, 6.07) is 48.8. The number of benzene rings is 6. The standard InChI is InChI=1S/C54H58N2O4/c1-38-18-26-44(27-19-38)53(59,45-28-20-39(2)21-29-45)48(36-42-14-8-5-9-15-42)56(51(58)52(50(55)57)34-12-7-13-35-52)49(37-43-16-10-6-11-17-43)54(60,46-30-22-40(3)23-31-46)47-32-24-41(4)25-33-47/h5-6,8-11,14-33,48-49,59-60H,7,12-13,34-37H2,1-4H3,(H2,55,57)/t48-,49-/m1/s1. The molecule has 1 fully saturated rings. The fourth-order valence-corrected chi connectivity index (χ4v) is 9.37. The second-order valence-corrected chi connectivity index (χ2v) is 17.1.